The van der Waals surface area contributed by atoms with Gasteiger partial charge < -0.3 is 30.4 Å². The van der Waals surface area contributed by atoms with Gasteiger partial charge in [0, 0.05) is 18.2 Å². The second-order valence-corrected chi connectivity index (χ2v) is 14.2. The zero-order chi connectivity index (χ0) is 38.6. The van der Waals surface area contributed by atoms with Crippen molar-refractivity contribution in [2.75, 3.05) is 31.0 Å². The van der Waals surface area contributed by atoms with Crippen LogP contribution < -0.4 is 9.79 Å². The number of benzene rings is 2. The lowest BCUT2D eigenvalue weighted by Gasteiger charge is -2.41. The van der Waals surface area contributed by atoms with Crippen LogP contribution in [-0.2, 0) is 31.8 Å². The fourth-order valence-corrected chi connectivity index (χ4v) is 6.71. The molecule has 0 aliphatic carbocycles. The van der Waals surface area contributed by atoms with Gasteiger partial charge in [0.25, 0.3) is 0 Å². The lowest BCUT2D eigenvalue weighted by atomic mass is 9.89. The van der Waals surface area contributed by atoms with Crippen LogP contribution in [-0.4, -0.2) is 85.9 Å². The summed E-state index contributed by atoms with van der Waals surface area (Å²) in [6.07, 6.45) is 9.05. The van der Waals surface area contributed by atoms with E-state index in [0.29, 0.717) is 25.7 Å². The van der Waals surface area contributed by atoms with E-state index in [1.807, 2.05) is 51.1 Å². The van der Waals surface area contributed by atoms with Crippen LogP contribution in [0.4, 0.5) is 10.1 Å². The molecular formula is C39H57FN2O9S. The van der Waals surface area contributed by atoms with E-state index in [1.54, 1.807) is 17.0 Å². The molecule has 0 radical (unpaired) electrons. The lowest BCUT2D eigenvalue weighted by molar-refractivity contribution is -0.147. The smallest absolute Gasteiger partial charge is 0.309 e. The van der Waals surface area contributed by atoms with Crippen molar-refractivity contribution >= 4 is 28.5 Å². The first-order valence-corrected chi connectivity index (χ1v) is 19.2. The van der Waals surface area contributed by atoms with E-state index < -0.39 is 41.7 Å². The minimum atomic E-state index is -1.46. The molecule has 1 heterocycles. The predicted molar refractivity (Wildman–Crippen MR) is 201 cm³/mol. The zero-order valence-electron chi connectivity index (χ0n) is 30.7. The number of anilines is 1. The van der Waals surface area contributed by atoms with Crippen LogP contribution in [0.3, 0.4) is 0 Å². The molecule has 3 rings (SSSR count). The van der Waals surface area contributed by atoms with E-state index in [2.05, 4.69) is 21.9 Å². The molecule has 11 nitrogen and oxygen atoms in total. The molecular weight excluding hydrogens is 691 g/mol. The van der Waals surface area contributed by atoms with E-state index in [1.165, 1.54) is 19.2 Å². The fourth-order valence-electron chi connectivity index (χ4n) is 5.94. The number of carbonyl (C=O) groups is 2. The Morgan fingerprint density at radius 3 is 2.27 bits per heavy atom. The number of halogens is 1. The first-order chi connectivity index (χ1) is 24.9. The summed E-state index contributed by atoms with van der Waals surface area (Å²) in [5.74, 6) is -1.88. The van der Waals surface area contributed by atoms with E-state index in [4.69, 9.17) is 10.2 Å². The molecule has 0 aromatic heterocycles. The van der Waals surface area contributed by atoms with Crippen molar-refractivity contribution in [2.24, 2.45) is 11.8 Å². The number of β-lactam (4-membered cyclic amide) rings is 1. The Morgan fingerprint density at radius 2 is 1.73 bits per heavy atom. The standard InChI is InChI=1S/C29H44N2O8S.C10H13FO/c1-4-6-22(13-9-20(2)7-5-8-25(29(36)37)27(34)18-32)26-17-28(35)31(26)23-14-10-21(11-15-23)12-16-24(33)19-40(38)30-39-3;1-2-8(7-12)9-3-5-10(11)6-4-9/h6,9-11,13-15,20,24-27,30,32-34H,4-5,7-8,12,16-19H2,1-3H3,(H,36,37);3-6,8,12H,2,7H2,1H3/b13-9-,22-6+;. The normalized spacial score (nSPS) is 18.2. The number of hydrogen-bond donors (Lipinski definition) is 6. The van der Waals surface area contributed by atoms with Gasteiger partial charge in [-0.1, -0.05) is 69.7 Å². The van der Waals surface area contributed by atoms with Gasteiger partial charge in [-0.25, -0.2) is 8.60 Å². The summed E-state index contributed by atoms with van der Waals surface area (Å²) in [6, 6.07) is 13.9. The van der Waals surface area contributed by atoms with E-state index in [-0.39, 0.29) is 48.4 Å². The zero-order valence-corrected chi connectivity index (χ0v) is 31.5. The average Bonchev–Trinajstić information content (AvgIpc) is 3.11. The van der Waals surface area contributed by atoms with Crippen molar-refractivity contribution in [1.29, 1.82) is 0 Å². The minimum absolute atomic E-state index is 0.0481. The van der Waals surface area contributed by atoms with E-state index in [9.17, 15) is 33.5 Å². The summed E-state index contributed by atoms with van der Waals surface area (Å²) in [5.41, 5.74) is 3.87. The number of rotatable bonds is 22. The largest absolute Gasteiger partial charge is 0.481 e. The third-order valence-electron chi connectivity index (χ3n) is 9.09. The molecule has 2 aromatic rings. The van der Waals surface area contributed by atoms with Gasteiger partial charge in [-0.3, -0.25) is 14.4 Å². The van der Waals surface area contributed by atoms with Crippen LogP contribution in [0.2, 0.25) is 0 Å². The molecule has 1 fully saturated rings. The first-order valence-electron chi connectivity index (χ1n) is 17.9. The number of amides is 1. The summed E-state index contributed by atoms with van der Waals surface area (Å²) in [7, 11) is -0.0864. The van der Waals surface area contributed by atoms with E-state index in [0.717, 1.165) is 41.6 Å². The molecule has 0 saturated carbocycles. The van der Waals surface area contributed by atoms with Gasteiger partial charge in [0.15, 0.2) is 0 Å². The highest BCUT2D eigenvalue weighted by Crippen LogP contribution is 2.33. The van der Waals surface area contributed by atoms with Crippen LogP contribution >= 0.6 is 0 Å². The van der Waals surface area contributed by atoms with Crippen LogP contribution in [0.5, 0.6) is 0 Å². The van der Waals surface area contributed by atoms with Crippen LogP contribution in [0, 0.1) is 17.7 Å². The number of carboxylic acid groups (broad SMARTS) is 1. The maximum Gasteiger partial charge on any atom is 0.309 e. The quantitative estimate of drug-likeness (QED) is 0.0552. The fraction of sp³-hybridized carbons (Fsp3) is 0.538. The molecule has 1 aliphatic rings. The van der Waals surface area contributed by atoms with Gasteiger partial charge in [0.2, 0.25) is 5.91 Å². The number of carbonyl (C=O) groups excluding carboxylic acids is 1. The number of carboxylic acids is 1. The molecule has 1 amide bonds. The average molecular weight is 749 g/mol. The topological polar surface area (TPSA) is 177 Å². The lowest BCUT2D eigenvalue weighted by Crippen LogP contribution is -2.53. The Morgan fingerprint density at radius 1 is 1.06 bits per heavy atom. The van der Waals surface area contributed by atoms with Crippen molar-refractivity contribution in [1.82, 2.24) is 4.89 Å². The molecule has 0 spiro atoms. The van der Waals surface area contributed by atoms with Gasteiger partial charge in [0.1, 0.15) is 16.8 Å². The van der Waals surface area contributed by atoms with Gasteiger partial charge in [-0.2, -0.15) is 0 Å². The van der Waals surface area contributed by atoms with Crippen molar-refractivity contribution in [2.45, 2.75) is 96.3 Å². The molecule has 52 heavy (non-hydrogen) atoms. The molecule has 0 bridgehead atoms. The maximum absolute atomic E-state index is 12.6. The summed E-state index contributed by atoms with van der Waals surface area (Å²) in [6.45, 7) is 5.65. The Hall–Kier alpha value is -3.30. The first kappa shape index (κ1) is 44.9. The number of hydrogen-bond acceptors (Lipinski definition) is 8. The van der Waals surface area contributed by atoms with E-state index >= 15 is 0 Å². The van der Waals surface area contributed by atoms with Gasteiger partial charge in [-0.15, -0.1) is 4.89 Å². The van der Waals surface area contributed by atoms with Crippen LogP contribution in [0.25, 0.3) is 0 Å². The number of aliphatic hydroxyl groups is 4. The Labute approximate surface area is 309 Å². The van der Waals surface area contributed by atoms with Crippen molar-refractivity contribution < 1.29 is 48.6 Å². The molecule has 7 unspecified atom stereocenters. The Balaban J connectivity index is 0.000000657. The second-order valence-electron chi connectivity index (χ2n) is 13.1. The molecule has 2 aromatic carbocycles. The summed E-state index contributed by atoms with van der Waals surface area (Å²) in [4.78, 5) is 32.6. The third kappa shape index (κ3) is 15.0. The number of aryl methyl sites for hydroxylation is 1. The highest BCUT2D eigenvalue weighted by atomic mass is 32.2. The number of nitrogens with zero attached hydrogens (tertiary/aromatic N) is 1. The molecule has 7 atom stereocenters. The second kappa shape index (κ2) is 24.1. The van der Waals surface area contributed by atoms with Crippen LogP contribution in [0.1, 0.15) is 82.8 Å². The molecule has 6 N–H and O–H groups in total. The summed E-state index contributed by atoms with van der Waals surface area (Å²) < 4.78 is 24.1. The summed E-state index contributed by atoms with van der Waals surface area (Å²) >= 11 is 0. The summed E-state index contributed by atoms with van der Waals surface area (Å²) in [5, 5.41) is 47.1. The monoisotopic (exact) mass is 748 g/mol. The van der Waals surface area contributed by atoms with Crippen molar-refractivity contribution in [3.63, 3.8) is 0 Å². The molecule has 290 valence electrons. The third-order valence-corrected chi connectivity index (χ3v) is 10.1. The number of aliphatic carboxylic acids is 1. The minimum Gasteiger partial charge on any atom is -0.481 e. The Bertz CT molecular complexity index is 1430. The molecule has 1 aliphatic heterocycles. The van der Waals surface area contributed by atoms with Crippen LogP contribution in [0.15, 0.2) is 72.3 Å². The predicted octanol–water partition coefficient (Wildman–Crippen LogP) is 4.96. The maximum atomic E-state index is 12.6. The number of aliphatic hydroxyl groups excluding tert-OH is 4. The molecule has 1 saturated heterocycles. The highest BCUT2D eigenvalue weighted by Gasteiger charge is 2.38. The van der Waals surface area contributed by atoms with Gasteiger partial charge in [-0.05, 0) is 85.4 Å². The van der Waals surface area contributed by atoms with Crippen molar-refractivity contribution in [3.8, 4) is 0 Å². The highest BCUT2D eigenvalue weighted by molar-refractivity contribution is 7.82. The number of allylic oxidation sites excluding steroid dienone is 2. The number of nitrogens with one attached hydrogen (secondary N) is 1. The molecule has 13 heteroatoms. The van der Waals surface area contributed by atoms with Gasteiger partial charge in [0.05, 0.1) is 50.1 Å². The van der Waals surface area contributed by atoms with Crippen molar-refractivity contribution in [3.05, 3.63) is 89.3 Å². The SMILES string of the molecule is CC/C=C(\C=C/C(C)CCCC(C(=O)O)C(O)CO)C1CC(=O)N1c1ccc(CCC(O)CS(=O)NOC)cc1.CCC(CO)c1ccc(F)cc1. The van der Waals surface area contributed by atoms with Gasteiger partial charge >= 0.3 is 5.97 Å². The Kier molecular flexibility index (Phi) is 20.8.